The van der Waals surface area contributed by atoms with Gasteiger partial charge in [0, 0.05) is 0 Å². The molecule has 0 nitrogen and oxygen atoms in total. The monoisotopic (exact) mass is 58.1 g/mol. The summed E-state index contributed by atoms with van der Waals surface area (Å²) in [5, 5.41) is 0. The summed E-state index contributed by atoms with van der Waals surface area (Å²) in [6.45, 7) is 0. The molecule has 0 atom stereocenters. The van der Waals surface area contributed by atoms with Crippen LogP contribution in [0, 0.1) is 0 Å². The zero-order chi connectivity index (χ0) is 2.12. The predicted octanol–water partition coefficient (Wildman–Crippen LogP) is 1.81. The van der Waals surface area contributed by atoms with E-state index in [1.165, 1.54) is 19.3 Å². The molecule has 26 valence electrons. The van der Waals surface area contributed by atoms with Crippen molar-refractivity contribution in [2.24, 2.45) is 0 Å². The van der Waals surface area contributed by atoms with E-state index >= 15 is 0 Å². The SMILES string of the molecule is C.C1CC1. The minimum absolute atomic E-state index is 0. The van der Waals surface area contributed by atoms with Gasteiger partial charge in [0.2, 0.25) is 0 Å². The second kappa shape index (κ2) is 1.33. The standard InChI is InChI=1S/C3H6.CH4/c1-2-3-1;/h1-3H2;1H4. The average Bonchev–Trinajstić information content (AvgIpc) is 1.46. The van der Waals surface area contributed by atoms with Gasteiger partial charge in [-0.3, -0.25) is 0 Å². The quantitative estimate of drug-likeness (QED) is 0.398. The van der Waals surface area contributed by atoms with Gasteiger partial charge in [0.1, 0.15) is 0 Å². The highest BCUT2D eigenvalue weighted by atomic mass is 14.0. The van der Waals surface area contributed by atoms with Crippen molar-refractivity contribution in [2.75, 3.05) is 0 Å². The van der Waals surface area contributed by atoms with Crippen LogP contribution in [0.1, 0.15) is 26.7 Å². The number of hydrogen-bond donors (Lipinski definition) is 0. The van der Waals surface area contributed by atoms with Gasteiger partial charge < -0.3 is 0 Å². The molecule has 0 radical (unpaired) electrons. The Morgan fingerprint density at radius 1 is 0.750 bits per heavy atom. The second-order valence-corrected chi connectivity index (χ2v) is 1.06. The van der Waals surface area contributed by atoms with E-state index in [9.17, 15) is 0 Å². The predicted molar refractivity (Wildman–Crippen MR) is 20.6 cm³/mol. The van der Waals surface area contributed by atoms with E-state index in [0.29, 0.717) is 0 Å². The molecular formula is C4H10. The first-order valence-electron chi connectivity index (χ1n) is 1.50. The molecule has 0 aromatic carbocycles. The molecule has 0 unspecified atom stereocenters. The fourth-order valence-corrected chi connectivity index (χ4v) is 0. The molecule has 0 aromatic heterocycles. The van der Waals surface area contributed by atoms with Crippen LogP contribution in [0.5, 0.6) is 0 Å². The molecule has 0 saturated heterocycles. The van der Waals surface area contributed by atoms with Gasteiger partial charge in [-0.15, -0.1) is 0 Å². The Morgan fingerprint density at radius 2 is 1.00 bits per heavy atom. The summed E-state index contributed by atoms with van der Waals surface area (Å²) in [6.07, 6.45) is 4.50. The lowest BCUT2D eigenvalue weighted by molar-refractivity contribution is 1.50. The topological polar surface area (TPSA) is 0 Å². The van der Waals surface area contributed by atoms with E-state index in [1.807, 2.05) is 0 Å². The minimum Gasteiger partial charge on any atom is -0.0776 e. The van der Waals surface area contributed by atoms with Gasteiger partial charge in [-0.1, -0.05) is 26.7 Å². The van der Waals surface area contributed by atoms with Crippen LogP contribution in [0.25, 0.3) is 0 Å². The zero-order valence-electron chi connectivity index (χ0n) is 2.12. The van der Waals surface area contributed by atoms with E-state index in [1.54, 1.807) is 0 Å². The van der Waals surface area contributed by atoms with Gasteiger partial charge in [-0.05, 0) is 0 Å². The fourth-order valence-electron chi connectivity index (χ4n) is 0. The second-order valence-electron chi connectivity index (χ2n) is 1.06. The maximum absolute atomic E-state index is 1.50. The first-order valence-corrected chi connectivity index (χ1v) is 1.50. The largest absolute Gasteiger partial charge is 0.0776 e. The van der Waals surface area contributed by atoms with Crippen LogP contribution in [0.3, 0.4) is 0 Å². The fraction of sp³-hybridized carbons (Fsp3) is 1.00. The Labute approximate surface area is 27.8 Å². The number of hydrogen-bond acceptors (Lipinski definition) is 0. The third kappa shape index (κ3) is 2.00. The van der Waals surface area contributed by atoms with Crippen LogP contribution in [-0.2, 0) is 0 Å². The highest BCUT2D eigenvalue weighted by molar-refractivity contribution is 4.50. The molecule has 0 heterocycles. The summed E-state index contributed by atoms with van der Waals surface area (Å²) in [5.74, 6) is 0. The van der Waals surface area contributed by atoms with E-state index in [2.05, 4.69) is 0 Å². The molecule has 0 amide bonds. The number of rotatable bonds is 0. The van der Waals surface area contributed by atoms with Crippen LogP contribution in [0.4, 0.5) is 0 Å². The van der Waals surface area contributed by atoms with Gasteiger partial charge in [0.15, 0.2) is 0 Å². The summed E-state index contributed by atoms with van der Waals surface area (Å²) in [7, 11) is 0. The van der Waals surface area contributed by atoms with E-state index < -0.39 is 0 Å². The molecule has 4 heavy (non-hydrogen) atoms. The summed E-state index contributed by atoms with van der Waals surface area (Å²) in [5.41, 5.74) is 0. The third-order valence-corrected chi connectivity index (χ3v) is 0.354. The maximum Gasteiger partial charge on any atom is -0.0533 e. The average molecular weight is 58.1 g/mol. The first-order chi connectivity index (χ1) is 1.50. The Hall–Kier alpha value is 0. The van der Waals surface area contributed by atoms with Crippen LogP contribution < -0.4 is 0 Å². The molecule has 0 heteroatoms. The van der Waals surface area contributed by atoms with E-state index in [4.69, 9.17) is 0 Å². The van der Waals surface area contributed by atoms with Gasteiger partial charge in [0.25, 0.3) is 0 Å². The summed E-state index contributed by atoms with van der Waals surface area (Å²) in [6, 6.07) is 0. The van der Waals surface area contributed by atoms with Crippen molar-refractivity contribution in [3.63, 3.8) is 0 Å². The smallest absolute Gasteiger partial charge is 0.0533 e. The van der Waals surface area contributed by atoms with Crippen molar-refractivity contribution >= 4 is 0 Å². The maximum atomic E-state index is 1.50. The van der Waals surface area contributed by atoms with Gasteiger partial charge in [-0.25, -0.2) is 0 Å². The zero-order valence-corrected chi connectivity index (χ0v) is 2.12. The normalized spacial score (nSPS) is 18.0. The van der Waals surface area contributed by atoms with E-state index in [0.717, 1.165) is 0 Å². The Kier molecular flexibility index (Phi) is 1.33. The Bertz CT molecular complexity index is 4.75. The Morgan fingerprint density at radius 3 is 1.00 bits per heavy atom. The lowest BCUT2D eigenvalue weighted by Crippen LogP contribution is -0.856. The molecule has 1 fully saturated rings. The summed E-state index contributed by atoms with van der Waals surface area (Å²) in [4.78, 5) is 0. The molecule has 1 rings (SSSR count). The highest BCUT2D eigenvalue weighted by Gasteiger charge is 1.95. The van der Waals surface area contributed by atoms with Crippen molar-refractivity contribution in [1.29, 1.82) is 0 Å². The van der Waals surface area contributed by atoms with Crippen LogP contribution in [-0.4, -0.2) is 0 Å². The highest BCUT2D eigenvalue weighted by Crippen LogP contribution is 2.14. The van der Waals surface area contributed by atoms with Crippen molar-refractivity contribution in [2.45, 2.75) is 26.7 Å². The van der Waals surface area contributed by atoms with Crippen molar-refractivity contribution in [3.05, 3.63) is 0 Å². The Balaban J connectivity index is 0.0000000900. The molecule has 1 aliphatic carbocycles. The van der Waals surface area contributed by atoms with Crippen molar-refractivity contribution in [3.8, 4) is 0 Å². The van der Waals surface area contributed by atoms with Crippen LogP contribution >= 0.6 is 0 Å². The van der Waals surface area contributed by atoms with Crippen molar-refractivity contribution < 1.29 is 0 Å². The lowest BCUT2D eigenvalue weighted by atomic mass is 11.0. The molecular weight excluding hydrogens is 48.0 g/mol. The molecule has 1 aliphatic rings. The molecule has 0 N–H and O–H groups in total. The van der Waals surface area contributed by atoms with Gasteiger partial charge in [0.05, 0.1) is 0 Å². The molecule has 0 aromatic rings. The molecule has 0 spiro atoms. The molecule has 1 saturated carbocycles. The third-order valence-electron chi connectivity index (χ3n) is 0.354. The first kappa shape index (κ1) is 4.00. The lowest BCUT2D eigenvalue weighted by Gasteiger charge is -1.05. The van der Waals surface area contributed by atoms with Crippen LogP contribution in [0.15, 0.2) is 0 Å². The van der Waals surface area contributed by atoms with Crippen molar-refractivity contribution in [1.82, 2.24) is 0 Å². The molecule has 0 bridgehead atoms. The minimum atomic E-state index is 0. The van der Waals surface area contributed by atoms with Gasteiger partial charge >= 0.3 is 0 Å². The van der Waals surface area contributed by atoms with E-state index in [-0.39, 0.29) is 7.43 Å². The van der Waals surface area contributed by atoms with Crippen LogP contribution in [0.2, 0.25) is 0 Å². The summed E-state index contributed by atoms with van der Waals surface area (Å²) >= 11 is 0. The molecule has 0 aliphatic heterocycles. The summed E-state index contributed by atoms with van der Waals surface area (Å²) < 4.78 is 0. The van der Waals surface area contributed by atoms with Gasteiger partial charge in [-0.2, -0.15) is 0 Å².